The maximum atomic E-state index is 12.3. The standard InChI is InChI=1S/C16H14BrN3O/c17-13-7-15(20(10-13)14-4-5-14)16(21)19-9-12-3-1-2-11(6-12)8-18/h1-3,6-7,10,14H,4-5,9H2,(H,19,21). The first-order valence-corrected chi connectivity index (χ1v) is 7.61. The van der Waals surface area contributed by atoms with Crippen molar-refractivity contribution in [1.82, 2.24) is 9.88 Å². The molecular weight excluding hydrogens is 330 g/mol. The number of hydrogen-bond acceptors (Lipinski definition) is 2. The van der Waals surface area contributed by atoms with Crippen LogP contribution in [0.3, 0.4) is 0 Å². The predicted octanol–water partition coefficient (Wildman–Crippen LogP) is 3.39. The molecule has 0 aliphatic heterocycles. The van der Waals surface area contributed by atoms with Crippen LogP contribution < -0.4 is 5.32 Å². The van der Waals surface area contributed by atoms with E-state index in [1.54, 1.807) is 12.1 Å². The summed E-state index contributed by atoms with van der Waals surface area (Å²) >= 11 is 3.43. The Bertz CT molecular complexity index is 725. The molecule has 4 nitrogen and oxygen atoms in total. The van der Waals surface area contributed by atoms with Crippen molar-refractivity contribution in [2.24, 2.45) is 0 Å². The Kier molecular flexibility index (Phi) is 3.80. The minimum Gasteiger partial charge on any atom is -0.347 e. The van der Waals surface area contributed by atoms with Crippen LogP contribution in [0.5, 0.6) is 0 Å². The highest BCUT2D eigenvalue weighted by molar-refractivity contribution is 9.10. The Morgan fingerprint density at radius 2 is 2.24 bits per heavy atom. The number of hydrogen-bond donors (Lipinski definition) is 1. The highest BCUT2D eigenvalue weighted by Gasteiger charge is 2.27. The summed E-state index contributed by atoms with van der Waals surface area (Å²) in [5.74, 6) is -0.0880. The molecule has 0 bridgehead atoms. The summed E-state index contributed by atoms with van der Waals surface area (Å²) in [6, 6.07) is 11.7. The minimum atomic E-state index is -0.0880. The molecular formula is C16H14BrN3O. The van der Waals surface area contributed by atoms with Crippen LogP contribution in [0.15, 0.2) is 41.0 Å². The molecule has 106 valence electrons. The van der Waals surface area contributed by atoms with E-state index in [0.29, 0.717) is 23.8 Å². The monoisotopic (exact) mass is 343 g/mol. The average molecular weight is 344 g/mol. The molecule has 1 heterocycles. The van der Waals surface area contributed by atoms with E-state index in [1.807, 2.05) is 29.0 Å². The molecule has 1 aromatic carbocycles. The lowest BCUT2D eigenvalue weighted by atomic mass is 10.1. The number of carbonyl (C=O) groups excluding carboxylic acids is 1. The zero-order valence-corrected chi connectivity index (χ0v) is 12.9. The Balaban J connectivity index is 1.70. The molecule has 0 radical (unpaired) electrons. The molecule has 1 aliphatic rings. The number of halogens is 1. The second kappa shape index (κ2) is 5.74. The van der Waals surface area contributed by atoms with E-state index in [2.05, 4.69) is 27.3 Å². The van der Waals surface area contributed by atoms with E-state index in [4.69, 9.17) is 5.26 Å². The van der Waals surface area contributed by atoms with Gasteiger partial charge in [-0.3, -0.25) is 4.79 Å². The fourth-order valence-electron chi connectivity index (χ4n) is 2.31. The van der Waals surface area contributed by atoms with Gasteiger partial charge in [-0.25, -0.2) is 0 Å². The van der Waals surface area contributed by atoms with Gasteiger partial charge in [0.05, 0.1) is 11.6 Å². The van der Waals surface area contributed by atoms with E-state index >= 15 is 0 Å². The second-order valence-electron chi connectivity index (χ2n) is 5.18. The lowest BCUT2D eigenvalue weighted by molar-refractivity contribution is 0.0941. The lowest BCUT2D eigenvalue weighted by Crippen LogP contribution is -2.25. The SMILES string of the molecule is N#Cc1cccc(CNC(=O)c2cc(Br)cn2C2CC2)c1. The predicted molar refractivity (Wildman–Crippen MR) is 82.7 cm³/mol. The third-order valence-electron chi connectivity index (χ3n) is 3.50. The zero-order valence-electron chi connectivity index (χ0n) is 11.3. The van der Waals surface area contributed by atoms with Gasteiger partial charge in [-0.05, 0) is 52.5 Å². The van der Waals surface area contributed by atoms with Crippen LogP contribution in [0.25, 0.3) is 0 Å². The van der Waals surface area contributed by atoms with E-state index in [1.165, 1.54) is 0 Å². The van der Waals surface area contributed by atoms with Crippen LogP contribution in [-0.4, -0.2) is 10.5 Å². The molecule has 1 aromatic heterocycles. The first-order valence-electron chi connectivity index (χ1n) is 6.82. The third kappa shape index (κ3) is 3.17. The lowest BCUT2D eigenvalue weighted by Gasteiger charge is -2.09. The quantitative estimate of drug-likeness (QED) is 0.924. The zero-order chi connectivity index (χ0) is 14.8. The van der Waals surface area contributed by atoms with Gasteiger partial charge in [0.2, 0.25) is 0 Å². The van der Waals surface area contributed by atoms with Gasteiger partial charge in [-0.15, -0.1) is 0 Å². The first-order chi connectivity index (χ1) is 10.2. The van der Waals surface area contributed by atoms with Crippen molar-refractivity contribution < 1.29 is 4.79 Å². The molecule has 3 rings (SSSR count). The number of rotatable bonds is 4. The fourth-order valence-corrected chi connectivity index (χ4v) is 2.74. The van der Waals surface area contributed by atoms with Crippen LogP contribution in [0.4, 0.5) is 0 Å². The summed E-state index contributed by atoms with van der Waals surface area (Å²) in [6.07, 6.45) is 4.22. The number of nitrogens with one attached hydrogen (secondary N) is 1. The van der Waals surface area contributed by atoms with Gasteiger partial charge in [-0.1, -0.05) is 12.1 Å². The van der Waals surface area contributed by atoms with Crippen molar-refractivity contribution in [3.63, 3.8) is 0 Å². The normalized spacial score (nSPS) is 13.7. The molecule has 1 saturated carbocycles. The molecule has 1 aliphatic carbocycles. The molecule has 0 spiro atoms. The third-order valence-corrected chi connectivity index (χ3v) is 3.93. The Morgan fingerprint density at radius 1 is 1.43 bits per heavy atom. The molecule has 21 heavy (non-hydrogen) atoms. The van der Waals surface area contributed by atoms with E-state index in [9.17, 15) is 4.79 Å². The summed E-state index contributed by atoms with van der Waals surface area (Å²) in [5, 5.41) is 11.8. The molecule has 1 N–H and O–H groups in total. The molecule has 1 fully saturated rings. The number of aromatic nitrogens is 1. The minimum absolute atomic E-state index is 0.0880. The molecule has 0 unspecified atom stereocenters. The summed E-state index contributed by atoms with van der Waals surface area (Å²) in [6.45, 7) is 0.418. The van der Waals surface area contributed by atoms with Gasteiger partial charge in [0.15, 0.2) is 0 Å². The van der Waals surface area contributed by atoms with Crippen molar-refractivity contribution in [2.75, 3.05) is 0 Å². The summed E-state index contributed by atoms with van der Waals surface area (Å²) < 4.78 is 2.96. The van der Waals surface area contributed by atoms with Crippen LogP contribution >= 0.6 is 15.9 Å². The average Bonchev–Trinajstić information content (AvgIpc) is 3.27. The largest absolute Gasteiger partial charge is 0.347 e. The highest BCUT2D eigenvalue weighted by Crippen LogP contribution is 2.37. The number of nitrogens with zero attached hydrogens (tertiary/aromatic N) is 2. The van der Waals surface area contributed by atoms with Crippen LogP contribution in [-0.2, 0) is 6.54 Å². The fraction of sp³-hybridized carbons (Fsp3) is 0.250. The van der Waals surface area contributed by atoms with E-state index < -0.39 is 0 Å². The molecule has 2 aromatic rings. The Hall–Kier alpha value is -2.06. The van der Waals surface area contributed by atoms with Crippen molar-refractivity contribution >= 4 is 21.8 Å². The van der Waals surface area contributed by atoms with Gasteiger partial charge in [-0.2, -0.15) is 5.26 Å². The van der Waals surface area contributed by atoms with Crippen molar-refractivity contribution in [3.05, 3.63) is 57.8 Å². The smallest absolute Gasteiger partial charge is 0.268 e. The number of amides is 1. The molecule has 0 saturated heterocycles. The van der Waals surface area contributed by atoms with Gasteiger partial charge in [0, 0.05) is 23.3 Å². The van der Waals surface area contributed by atoms with Crippen LogP contribution in [0, 0.1) is 11.3 Å². The molecule has 1 amide bonds. The second-order valence-corrected chi connectivity index (χ2v) is 6.09. The maximum absolute atomic E-state index is 12.3. The van der Waals surface area contributed by atoms with Crippen LogP contribution in [0.2, 0.25) is 0 Å². The number of carbonyl (C=O) groups is 1. The topological polar surface area (TPSA) is 57.8 Å². The first kappa shape index (κ1) is 13.9. The van der Waals surface area contributed by atoms with Gasteiger partial charge < -0.3 is 9.88 Å². The summed E-state index contributed by atoms with van der Waals surface area (Å²) in [5.41, 5.74) is 2.21. The van der Waals surface area contributed by atoms with Crippen molar-refractivity contribution in [3.8, 4) is 6.07 Å². The van der Waals surface area contributed by atoms with Crippen LogP contribution in [0.1, 0.15) is 40.5 Å². The van der Waals surface area contributed by atoms with Gasteiger partial charge >= 0.3 is 0 Å². The van der Waals surface area contributed by atoms with Crippen molar-refractivity contribution in [2.45, 2.75) is 25.4 Å². The molecule has 0 atom stereocenters. The summed E-state index contributed by atoms with van der Waals surface area (Å²) in [4.78, 5) is 12.3. The maximum Gasteiger partial charge on any atom is 0.268 e. The molecule has 5 heteroatoms. The van der Waals surface area contributed by atoms with Crippen molar-refractivity contribution in [1.29, 1.82) is 5.26 Å². The van der Waals surface area contributed by atoms with Gasteiger partial charge in [0.25, 0.3) is 5.91 Å². The Labute approximate surface area is 131 Å². The van der Waals surface area contributed by atoms with E-state index in [0.717, 1.165) is 22.9 Å². The number of nitriles is 1. The highest BCUT2D eigenvalue weighted by atomic mass is 79.9. The Morgan fingerprint density at radius 3 is 2.95 bits per heavy atom. The van der Waals surface area contributed by atoms with E-state index in [-0.39, 0.29) is 5.91 Å². The van der Waals surface area contributed by atoms with Gasteiger partial charge in [0.1, 0.15) is 5.69 Å². The summed E-state index contributed by atoms with van der Waals surface area (Å²) in [7, 11) is 0. The number of benzene rings is 1.